The van der Waals surface area contributed by atoms with Crippen LogP contribution in [0.3, 0.4) is 0 Å². The van der Waals surface area contributed by atoms with Crippen molar-refractivity contribution in [3.05, 3.63) is 46.3 Å². The number of aryl methyl sites for hydroxylation is 1. The molecule has 0 radical (unpaired) electrons. The highest BCUT2D eigenvalue weighted by atomic mass is 127. The van der Waals surface area contributed by atoms with Crippen LogP contribution in [0.25, 0.3) is 11.3 Å². The molecule has 2 aromatic heterocycles. The Labute approximate surface area is 177 Å². The minimum absolute atomic E-state index is 0.0508. The van der Waals surface area contributed by atoms with Gasteiger partial charge in [0.25, 0.3) is 5.56 Å². The largest absolute Gasteiger partial charge is 0.468 e. The fourth-order valence-electron chi connectivity index (χ4n) is 2.48. The van der Waals surface area contributed by atoms with Crippen molar-refractivity contribution in [2.45, 2.75) is 35.9 Å². The number of rotatable bonds is 8. The van der Waals surface area contributed by atoms with Gasteiger partial charge in [-0.25, -0.2) is 4.98 Å². The number of halogens is 6. The van der Waals surface area contributed by atoms with Crippen molar-refractivity contribution in [1.82, 2.24) is 14.5 Å². The summed E-state index contributed by atoms with van der Waals surface area (Å²) >= 11 is -1.68. The van der Waals surface area contributed by atoms with E-state index in [1.807, 2.05) is 0 Å². The first-order chi connectivity index (χ1) is 14.0. The molecule has 0 aliphatic heterocycles. The Morgan fingerprint density at radius 3 is 2.50 bits per heavy atom. The van der Waals surface area contributed by atoms with Crippen molar-refractivity contribution in [1.29, 1.82) is 0 Å². The first kappa shape index (κ1) is 24.0. The van der Waals surface area contributed by atoms with Crippen molar-refractivity contribution in [2.24, 2.45) is 0 Å². The normalized spacial score (nSPS) is 12.1. The van der Waals surface area contributed by atoms with E-state index < -0.39 is 61.0 Å². The summed E-state index contributed by atoms with van der Waals surface area (Å²) in [5, 5.41) is 0. The minimum atomic E-state index is -4.38. The molecular weight excluding hydrogens is 528 g/mol. The van der Waals surface area contributed by atoms with E-state index in [1.54, 1.807) is 0 Å². The topological polar surface area (TPSA) is 74.1 Å². The summed E-state index contributed by atoms with van der Waals surface area (Å²) in [4.78, 5) is 31.9. The highest BCUT2D eigenvalue weighted by Crippen LogP contribution is 2.37. The highest BCUT2D eigenvalue weighted by Gasteiger charge is 2.30. The van der Waals surface area contributed by atoms with E-state index in [0.29, 0.717) is 0 Å². The average molecular weight is 545 g/mol. The van der Waals surface area contributed by atoms with Crippen molar-refractivity contribution in [3.63, 3.8) is 0 Å². The monoisotopic (exact) mass is 545 g/mol. The summed E-state index contributed by atoms with van der Waals surface area (Å²) in [5.41, 5.74) is -0.866. The second-order valence-corrected chi connectivity index (χ2v) is 8.21. The standard InChI is InChI=1S/C18H17F5IN3O3/c1-24-18(22,23)13-6-5-11(9-25-13)12-8-15(28)27(10-16(29)30-2)14(26-12)4-3-7-17(19,20)21/h5-6,8-9H,1,3-4,7,10H2,2H3. The maximum atomic E-state index is 13.7. The maximum Gasteiger partial charge on any atom is 0.389 e. The summed E-state index contributed by atoms with van der Waals surface area (Å²) in [6.45, 7) is -0.513. The van der Waals surface area contributed by atoms with Gasteiger partial charge in [-0.2, -0.15) is 22.0 Å². The molecule has 0 aliphatic carbocycles. The summed E-state index contributed by atoms with van der Waals surface area (Å²) in [7, 11) is 1.11. The number of methoxy groups -OCH3 is 1. The smallest absolute Gasteiger partial charge is 0.389 e. The number of ether oxygens (including phenoxy) is 1. The molecule has 0 atom stereocenters. The van der Waals surface area contributed by atoms with Crippen molar-refractivity contribution >= 4 is 31.2 Å². The zero-order chi connectivity index (χ0) is 22.5. The van der Waals surface area contributed by atoms with Gasteiger partial charge in [-0.05, 0) is 39.3 Å². The number of alkyl halides is 6. The number of hydrogen-bond acceptors (Lipinski definition) is 5. The van der Waals surface area contributed by atoms with Crippen LogP contribution in [0.1, 0.15) is 24.4 Å². The van der Waals surface area contributed by atoms with Crippen LogP contribution in [0.2, 0.25) is 0 Å². The van der Waals surface area contributed by atoms with Crippen LogP contribution in [-0.4, -0.2) is 38.3 Å². The Balaban J connectivity index is 2.42. The summed E-state index contributed by atoms with van der Waals surface area (Å²) < 4.78 is 70.4. The van der Waals surface area contributed by atoms with E-state index >= 15 is 0 Å². The predicted octanol–water partition coefficient (Wildman–Crippen LogP) is 3.82. The van der Waals surface area contributed by atoms with Gasteiger partial charge in [0.05, 0.1) is 12.8 Å². The quantitative estimate of drug-likeness (QED) is 0.219. The predicted molar refractivity (Wildman–Crippen MR) is 108 cm³/mol. The Kier molecular flexibility index (Phi) is 7.77. The van der Waals surface area contributed by atoms with Crippen LogP contribution in [0, 0.1) is 0 Å². The fourth-order valence-corrected chi connectivity index (χ4v) is 3.19. The summed E-state index contributed by atoms with van der Waals surface area (Å²) in [6.07, 6.45) is -4.95. The first-order valence-electron chi connectivity index (χ1n) is 8.45. The Morgan fingerprint density at radius 1 is 1.27 bits per heavy atom. The van der Waals surface area contributed by atoms with Gasteiger partial charge in [0.1, 0.15) is 18.1 Å². The lowest BCUT2D eigenvalue weighted by atomic mass is 10.1. The molecule has 2 heterocycles. The fraction of sp³-hybridized carbons (Fsp3) is 0.389. The number of hydrogen-bond donors (Lipinski definition) is 0. The van der Waals surface area contributed by atoms with Gasteiger partial charge in [-0.1, -0.05) is 4.51 Å². The van der Waals surface area contributed by atoms with Gasteiger partial charge in [-0.15, -0.1) is 0 Å². The SMILES string of the molecule is C=IC(F)(F)c1ccc(-c2cc(=O)n(CC(=O)OC)c(CCCC(F)(F)F)n2)cn1. The second kappa shape index (κ2) is 9.71. The highest BCUT2D eigenvalue weighted by molar-refractivity contribution is 14.2. The van der Waals surface area contributed by atoms with E-state index in [0.717, 1.165) is 30.0 Å². The first-order valence-corrected chi connectivity index (χ1v) is 11.1. The number of pyridine rings is 1. The van der Waals surface area contributed by atoms with Gasteiger partial charge in [0, 0.05) is 30.7 Å². The van der Waals surface area contributed by atoms with Crippen LogP contribution in [-0.2, 0) is 26.4 Å². The molecule has 0 aromatic carbocycles. The average Bonchev–Trinajstić information content (AvgIpc) is 2.69. The zero-order valence-electron chi connectivity index (χ0n) is 15.7. The van der Waals surface area contributed by atoms with Crippen molar-refractivity contribution < 1.29 is 31.5 Å². The van der Waals surface area contributed by atoms with Gasteiger partial charge in [-0.3, -0.25) is 19.1 Å². The van der Waals surface area contributed by atoms with Gasteiger partial charge in [0.2, 0.25) is 0 Å². The molecule has 0 bridgehead atoms. The molecule has 0 aliphatic rings. The van der Waals surface area contributed by atoms with E-state index in [2.05, 4.69) is 19.2 Å². The molecule has 0 N–H and O–H groups in total. The van der Waals surface area contributed by atoms with E-state index in [4.69, 9.17) is 0 Å². The van der Waals surface area contributed by atoms with Gasteiger partial charge in [0.15, 0.2) is 0 Å². The van der Waals surface area contributed by atoms with Gasteiger partial charge >= 0.3 is 16.1 Å². The summed E-state index contributed by atoms with van der Waals surface area (Å²) in [5.74, 6) is -0.821. The number of carbonyl (C=O) groups excluding carboxylic acids is 1. The molecule has 2 rings (SSSR count). The van der Waals surface area contributed by atoms with Crippen molar-refractivity contribution in [3.8, 4) is 11.3 Å². The van der Waals surface area contributed by atoms with E-state index in [1.165, 1.54) is 6.07 Å². The molecule has 2 aromatic rings. The van der Waals surface area contributed by atoms with Crippen molar-refractivity contribution in [2.75, 3.05) is 7.11 Å². The zero-order valence-corrected chi connectivity index (χ0v) is 17.8. The molecule has 0 fully saturated rings. The molecule has 30 heavy (non-hydrogen) atoms. The van der Waals surface area contributed by atoms with Gasteiger partial charge < -0.3 is 4.74 Å². The van der Waals surface area contributed by atoms with Crippen LogP contribution >= 0.6 is 20.7 Å². The third-order valence-electron chi connectivity index (χ3n) is 3.98. The van der Waals surface area contributed by atoms with Crippen LogP contribution in [0.4, 0.5) is 22.0 Å². The van der Waals surface area contributed by atoms with Crippen LogP contribution in [0.5, 0.6) is 0 Å². The number of aromatic nitrogens is 3. The Morgan fingerprint density at radius 2 is 1.97 bits per heavy atom. The Bertz CT molecular complexity index is 975. The number of nitrogens with zero attached hydrogens (tertiary/aromatic N) is 3. The number of esters is 1. The molecule has 0 amide bonds. The molecule has 0 saturated heterocycles. The molecule has 0 saturated carbocycles. The second-order valence-electron chi connectivity index (χ2n) is 6.09. The maximum absolute atomic E-state index is 13.7. The molecule has 0 spiro atoms. The third kappa shape index (κ3) is 6.37. The molecule has 6 nitrogen and oxygen atoms in total. The van der Waals surface area contributed by atoms with Crippen LogP contribution < -0.4 is 5.56 Å². The molecule has 12 heteroatoms. The molecular formula is C18H17F5IN3O3. The molecule has 164 valence electrons. The van der Waals surface area contributed by atoms with E-state index in [-0.39, 0.29) is 29.9 Å². The third-order valence-corrected chi connectivity index (χ3v) is 5.49. The minimum Gasteiger partial charge on any atom is -0.468 e. The number of carbonyl (C=O) groups is 1. The Hall–Kier alpha value is -2.25. The molecule has 0 unspecified atom stereocenters. The summed E-state index contributed by atoms with van der Waals surface area (Å²) in [6, 6.07) is 3.44. The van der Waals surface area contributed by atoms with Crippen LogP contribution in [0.15, 0.2) is 29.2 Å². The lowest BCUT2D eigenvalue weighted by molar-refractivity contribution is -0.141. The lowest BCUT2D eigenvalue weighted by Gasteiger charge is -2.14. The van der Waals surface area contributed by atoms with E-state index in [9.17, 15) is 31.5 Å². The lowest BCUT2D eigenvalue weighted by Crippen LogP contribution is -2.29.